The standard InChI is InChI=1S/C9H13NO4/c10-5(6(11)12)1-8-2-9(3-8,4-8)7(13)14/h5H,1-4,10H2,(H,11,12)(H,13,14)/t5-,8?,9?/m0/s1. The quantitative estimate of drug-likeness (QED) is 0.593. The summed E-state index contributed by atoms with van der Waals surface area (Å²) in [5.74, 6) is -1.75. The Hall–Kier alpha value is -1.10. The topological polar surface area (TPSA) is 101 Å². The molecule has 14 heavy (non-hydrogen) atoms. The van der Waals surface area contributed by atoms with Crippen LogP contribution < -0.4 is 5.73 Å². The molecule has 3 aliphatic rings. The van der Waals surface area contributed by atoms with Crippen molar-refractivity contribution in [2.24, 2.45) is 16.6 Å². The molecule has 3 rings (SSSR count). The van der Waals surface area contributed by atoms with Gasteiger partial charge in [0, 0.05) is 0 Å². The van der Waals surface area contributed by atoms with Crippen LogP contribution in [0, 0.1) is 10.8 Å². The molecule has 0 saturated heterocycles. The van der Waals surface area contributed by atoms with Crippen LogP contribution >= 0.6 is 0 Å². The lowest BCUT2D eigenvalue weighted by molar-refractivity contribution is -0.226. The van der Waals surface area contributed by atoms with Crippen LogP contribution in [0.3, 0.4) is 0 Å². The monoisotopic (exact) mass is 199 g/mol. The molecule has 0 aromatic carbocycles. The third-order valence-corrected chi connectivity index (χ3v) is 3.56. The van der Waals surface area contributed by atoms with Gasteiger partial charge in [-0.15, -0.1) is 0 Å². The number of aliphatic carboxylic acids is 2. The molecule has 2 bridgehead atoms. The predicted molar refractivity (Wildman–Crippen MR) is 46.6 cm³/mol. The Kier molecular flexibility index (Phi) is 1.67. The molecule has 3 fully saturated rings. The zero-order valence-corrected chi connectivity index (χ0v) is 7.69. The average molecular weight is 199 g/mol. The summed E-state index contributed by atoms with van der Waals surface area (Å²) in [6, 6.07) is -0.845. The Bertz CT molecular complexity index is 292. The fraction of sp³-hybridized carbons (Fsp3) is 0.778. The lowest BCUT2D eigenvalue weighted by atomic mass is 9.34. The first-order chi connectivity index (χ1) is 6.39. The lowest BCUT2D eigenvalue weighted by Crippen LogP contribution is -2.66. The zero-order chi connectivity index (χ0) is 10.6. The molecule has 3 aliphatic carbocycles. The molecule has 5 nitrogen and oxygen atoms in total. The largest absolute Gasteiger partial charge is 0.481 e. The molecule has 0 aromatic heterocycles. The van der Waals surface area contributed by atoms with Crippen molar-refractivity contribution in [3.8, 4) is 0 Å². The molecule has 0 radical (unpaired) electrons. The summed E-state index contributed by atoms with van der Waals surface area (Å²) < 4.78 is 0. The normalized spacial score (nSPS) is 40.6. The van der Waals surface area contributed by atoms with Gasteiger partial charge >= 0.3 is 11.9 Å². The number of hydrogen-bond donors (Lipinski definition) is 3. The average Bonchev–Trinajstić information content (AvgIpc) is 1.91. The summed E-state index contributed by atoms with van der Waals surface area (Å²) in [4.78, 5) is 21.3. The Morgan fingerprint density at radius 2 is 1.79 bits per heavy atom. The fourth-order valence-corrected chi connectivity index (χ4v) is 3.00. The molecular formula is C9H13NO4. The van der Waals surface area contributed by atoms with Gasteiger partial charge < -0.3 is 15.9 Å². The smallest absolute Gasteiger partial charge is 0.320 e. The van der Waals surface area contributed by atoms with Crippen LogP contribution in [0.15, 0.2) is 0 Å². The van der Waals surface area contributed by atoms with Crippen molar-refractivity contribution in [2.45, 2.75) is 31.7 Å². The van der Waals surface area contributed by atoms with Crippen molar-refractivity contribution in [2.75, 3.05) is 0 Å². The highest BCUT2D eigenvalue weighted by molar-refractivity contribution is 5.80. The maximum atomic E-state index is 10.8. The molecule has 0 aromatic rings. The summed E-state index contributed by atoms with van der Waals surface area (Å²) in [5, 5.41) is 17.5. The first-order valence-electron chi connectivity index (χ1n) is 4.61. The molecule has 78 valence electrons. The number of carboxylic acids is 2. The van der Waals surface area contributed by atoms with Crippen molar-refractivity contribution in [1.82, 2.24) is 0 Å². The zero-order valence-electron chi connectivity index (χ0n) is 7.69. The first-order valence-corrected chi connectivity index (χ1v) is 4.61. The van der Waals surface area contributed by atoms with E-state index in [0.717, 1.165) is 0 Å². The molecule has 0 heterocycles. The molecule has 0 spiro atoms. The summed E-state index contributed by atoms with van der Waals surface area (Å²) in [6.45, 7) is 0. The molecule has 0 aliphatic heterocycles. The van der Waals surface area contributed by atoms with Crippen LogP contribution in [0.25, 0.3) is 0 Å². The van der Waals surface area contributed by atoms with E-state index in [1.807, 2.05) is 0 Å². The van der Waals surface area contributed by atoms with Gasteiger partial charge in [0.25, 0.3) is 0 Å². The maximum Gasteiger partial charge on any atom is 0.320 e. The van der Waals surface area contributed by atoms with Gasteiger partial charge in [-0.25, -0.2) is 0 Å². The first kappa shape index (κ1) is 9.45. The number of nitrogens with two attached hydrogens (primary N) is 1. The fourth-order valence-electron chi connectivity index (χ4n) is 3.00. The number of carbonyl (C=O) groups is 2. The molecule has 5 heteroatoms. The SMILES string of the molecule is N[C@@H](CC12CC(C(=O)O)(C1)C2)C(=O)O. The Morgan fingerprint density at radius 3 is 2.14 bits per heavy atom. The summed E-state index contributed by atoms with van der Waals surface area (Å²) >= 11 is 0. The van der Waals surface area contributed by atoms with Gasteiger partial charge in [0.15, 0.2) is 0 Å². The summed E-state index contributed by atoms with van der Waals surface area (Å²) in [6.07, 6.45) is 2.24. The minimum absolute atomic E-state index is 0.0732. The number of hydrogen-bond acceptors (Lipinski definition) is 3. The molecule has 4 N–H and O–H groups in total. The Balaban J connectivity index is 1.89. The van der Waals surface area contributed by atoms with Gasteiger partial charge in [-0.2, -0.15) is 0 Å². The van der Waals surface area contributed by atoms with Gasteiger partial charge in [0.2, 0.25) is 0 Å². The van der Waals surface area contributed by atoms with Gasteiger partial charge in [0.05, 0.1) is 5.41 Å². The summed E-state index contributed by atoms with van der Waals surface area (Å²) in [5.41, 5.74) is 4.81. The van der Waals surface area contributed by atoms with Crippen LogP contribution in [0.1, 0.15) is 25.7 Å². The van der Waals surface area contributed by atoms with E-state index in [1.54, 1.807) is 0 Å². The summed E-state index contributed by atoms with van der Waals surface area (Å²) in [7, 11) is 0. The second-order valence-electron chi connectivity index (χ2n) is 4.76. The predicted octanol–water partition coefficient (Wildman–Crippen LogP) is 0.0433. The van der Waals surface area contributed by atoms with Crippen LogP contribution in [-0.2, 0) is 9.59 Å². The van der Waals surface area contributed by atoms with E-state index in [4.69, 9.17) is 15.9 Å². The molecule has 0 amide bonds. The number of rotatable bonds is 4. The van der Waals surface area contributed by atoms with E-state index in [9.17, 15) is 9.59 Å². The van der Waals surface area contributed by atoms with E-state index < -0.39 is 23.4 Å². The molecular weight excluding hydrogens is 186 g/mol. The van der Waals surface area contributed by atoms with Crippen LogP contribution in [0.4, 0.5) is 0 Å². The lowest BCUT2D eigenvalue weighted by Gasteiger charge is -2.68. The molecule has 3 saturated carbocycles. The van der Waals surface area contributed by atoms with Crippen molar-refractivity contribution in [3.05, 3.63) is 0 Å². The van der Waals surface area contributed by atoms with Crippen LogP contribution in [-0.4, -0.2) is 28.2 Å². The van der Waals surface area contributed by atoms with E-state index in [1.165, 1.54) is 0 Å². The minimum atomic E-state index is -1.00. The van der Waals surface area contributed by atoms with Gasteiger partial charge in [-0.3, -0.25) is 9.59 Å². The molecule has 1 atom stereocenters. The van der Waals surface area contributed by atoms with Crippen molar-refractivity contribution in [1.29, 1.82) is 0 Å². The van der Waals surface area contributed by atoms with E-state index in [-0.39, 0.29) is 5.41 Å². The second-order valence-corrected chi connectivity index (χ2v) is 4.76. The minimum Gasteiger partial charge on any atom is -0.481 e. The highest BCUT2D eigenvalue weighted by atomic mass is 16.4. The van der Waals surface area contributed by atoms with E-state index in [0.29, 0.717) is 25.7 Å². The van der Waals surface area contributed by atoms with Gasteiger partial charge in [-0.1, -0.05) is 0 Å². The molecule has 0 unspecified atom stereocenters. The highest BCUT2D eigenvalue weighted by Gasteiger charge is 2.71. The van der Waals surface area contributed by atoms with E-state index in [2.05, 4.69) is 0 Å². The van der Waals surface area contributed by atoms with Crippen molar-refractivity contribution < 1.29 is 19.8 Å². The Labute approximate surface area is 80.9 Å². The van der Waals surface area contributed by atoms with E-state index >= 15 is 0 Å². The second kappa shape index (κ2) is 2.48. The van der Waals surface area contributed by atoms with Crippen molar-refractivity contribution >= 4 is 11.9 Å². The number of carboxylic acid groups (broad SMARTS) is 2. The van der Waals surface area contributed by atoms with Gasteiger partial charge in [0.1, 0.15) is 6.04 Å². The highest BCUT2D eigenvalue weighted by Crippen LogP contribution is 2.75. The van der Waals surface area contributed by atoms with Crippen LogP contribution in [0.5, 0.6) is 0 Å². The van der Waals surface area contributed by atoms with Crippen molar-refractivity contribution in [3.63, 3.8) is 0 Å². The van der Waals surface area contributed by atoms with Gasteiger partial charge in [-0.05, 0) is 31.1 Å². The third-order valence-electron chi connectivity index (χ3n) is 3.56. The Morgan fingerprint density at radius 1 is 1.29 bits per heavy atom. The van der Waals surface area contributed by atoms with Crippen LogP contribution in [0.2, 0.25) is 0 Å². The maximum absolute atomic E-state index is 10.8. The third kappa shape index (κ3) is 1.05.